The van der Waals surface area contributed by atoms with E-state index in [1.807, 2.05) is 28.8 Å². The van der Waals surface area contributed by atoms with Crippen molar-refractivity contribution in [2.24, 2.45) is 0 Å². The van der Waals surface area contributed by atoms with Crippen LogP contribution >= 0.6 is 11.6 Å². The van der Waals surface area contributed by atoms with Gasteiger partial charge in [0.2, 0.25) is 11.2 Å². The Hall–Kier alpha value is -2.91. The SMILES string of the molecule is COc1ccc(Nc2nc(Cl)nc3c2ncn3CCCCCCCC(=O)NO)cc1. The fourth-order valence-corrected chi connectivity index (χ4v) is 3.30. The number of unbranched alkanes of at least 4 members (excludes halogenated alkanes) is 4. The quantitative estimate of drug-likeness (QED) is 0.181. The fraction of sp³-hybridized carbons (Fsp3) is 0.400. The smallest absolute Gasteiger partial charge is 0.243 e. The number of benzene rings is 1. The predicted octanol–water partition coefficient (Wildman–Crippen LogP) is 4.08. The summed E-state index contributed by atoms with van der Waals surface area (Å²) >= 11 is 6.15. The number of hydrogen-bond acceptors (Lipinski definition) is 7. The third kappa shape index (κ3) is 5.80. The van der Waals surface area contributed by atoms with E-state index in [-0.39, 0.29) is 11.2 Å². The Kier molecular flexibility index (Phi) is 7.81. The van der Waals surface area contributed by atoms with Crippen molar-refractivity contribution in [1.29, 1.82) is 0 Å². The second kappa shape index (κ2) is 10.7. The van der Waals surface area contributed by atoms with Gasteiger partial charge in [-0.15, -0.1) is 0 Å². The number of ether oxygens (including phenoxy) is 1. The number of aryl methyl sites for hydroxylation is 1. The first-order chi connectivity index (χ1) is 14.6. The number of aromatic nitrogens is 4. The lowest BCUT2D eigenvalue weighted by atomic mass is 10.1. The molecule has 1 aromatic carbocycles. The van der Waals surface area contributed by atoms with Crippen molar-refractivity contribution in [1.82, 2.24) is 25.0 Å². The zero-order chi connectivity index (χ0) is 21.3. The molecule has 0 aliphatic rings. The minimum Gasteiger partial charge on any atom is -0.497 e. The lowest BCUT2D eigenvalue weighted by molar-refractivity contribution is -0.129. The van der Waals surface area contributed by atoms with E-state index in [0.717, 1.165) is 50.1 Å². The normalized spacial score (nSPS) is 10.9. The second-order valence-corrected chi connectivity index (χ2v) is 7.20. The predicted molar refractivity (Wildman–Crippen MR) is 114 cm³/mol. The maximum Gasteiger partial charge on any atom is 0.243 e. The molecule has 10 heteroatoms. The van der Waals surface area contributed by atoms with E-state index in [2.05, 4.69) is 20.3 Å². The van der Waals surface area contributed by atoms with E-state index in [0.29, 0.717) is 23.4 Å². The van der Waals surface area contributed by atoms with Crippen LogP contribution in [0.25, 0.3) is 11.2 Å². The molecule has 9 nitrogen and oxygen atoms in total. The van der Waals surface area contributed by atoms with Gasteiger partial charge in [-0.3, -0.25) is 10.0 Å². The molecule has 0 aliphatic heterocycles. The molecule has 3 aromatic rings. The van der Waals surface area contributed by atoms with Crippen molar-refractivity contribution < 1.29 is 14.7 Å². The molecule has 0 radical (unpaired) electrons. The van der Waals surface area contributed by atoms with Gasteiger partial charge in [0.05, 0.1) is 13.4 Å². The summed E-state index contributed by atoms with van der Waals surface area (Å²) < 4.78 is 7.15. The third-order valence-electron chi connectivity index (χ3n) is 4.72. The molecule has 0 fully saturated rings. The number of halogens is 1. The van der Waals surface area contributed by atoms with E-state index < -0.39 is 0 Å². The highest BCUT2D eigenvalue weighted by Crippen LogP contribution is 2.25. The third-order valence-corrected chi connectivity index (χ3v) is 4.89. The van der Waals surface area contributed by atoms with Crippen molar-refractivity contribution in [3.05, 3.63) is 35.9 Å². The van der Waals surface area contributed by atoms with E-state index >= 15 is 0 Å². The van der Waals surface area contributed by atoms with Gasteiger partial charge in [-0.1, -0.05) is 19.3 Å². The molecule has 2 heterocycles. The van der Waals surface area contributed by atoms with Gasteiger partial charge in [0.1, 0.15) is 5.75 Å². The van der Waals surface area contributed by atoms with Crippen LogP contribution in [0.1, 0.15) is 38.5 Å². The standard InChI is InChI=1S/C20H25ClN6O3/c1-30-15-10-8-14(9-11-15)23-18-17-19(25-20(21)24-18)27(13-22-17)12-6-4-2-3-5-7-16(28)26-29/h8-11,13,29H,2-7,12H2,1H3,(H,26,28)(H,23,24,25). The number of carbonyl (C=O) groups excluding carboxylic acids is 1. The summed E-state index contributed by atoms with van der Waals surface area (Å²) in [5.74, 6) is 0.985. The minimum atomic E-state index is -0.337. The summed E-state index contributed by atoms with van der Waals surface area (Å²) in [6, 6.07) is 7.50. The van der Waals surface area contributed by atoms with Gasteiger partial charge in [-0.25, -0.2) is 10.5 Å². The van der Waals surface area contributed by atoms with Gasteiger partial charge in [0.15, 0.2) is 17.0 Å². The molecule has 3 rings (SSSR count). The zero-order valence-electron chi connectivity index (χ0n) is 16.8. The Morgan fingerprint density at radius 2 is 1.87 bits per heavy atom. The Morgan fingerprint density at radius 1 is 1.13 bits per heavy atom. The van der Waals surface area contributed by atoms with Crippen molar-refractivity contribution in [2.45, 2.75) is 45.1 Å². The van der Waals surface area contributed by atoms with Crippen LogP contribution < -0.4 is 15.5 Å². The number of nitrogens with one attached hydrogen (secondary N) is 2. The average Bonchev–Trinajstić information content (AvgIpc) is 3.16. The number of fused-ring (bicyclic) bond motifs is 1. The van der Waals surface area contributed by atoms with Crippen molar-refractivity contribution in [2.75, 3.05) is 12.4 Å². The number of imidazole rings is 1. The van der Waals surface area contributed by atoms with Gasteiger partial charge in [0.25, 0.3) is 0 Å². The number of methoxy groups -OCH3 is 1. The Balaban J connectivity index is 1.58. The van der Waals surface area contributed by atoms with Gasteiger partial charge in [-0.2, -0.15) is 9.97 Å². The number of nitrogens with zero attached hydrogens (tertiary/aromatic N) is 4. The lowest BCUT2D eigenvalue weighted by Crippen LogP contribution is -2.17. The first-order valence-corrected chi connectivity index (χ1v) is 10.2. The molecule has 0 spiro atoms. The summed E-state index contributed by atoms with van der Waals surface area (Å²) in [6.07, 6.45) is 6.82. The van der Waals surface area contributed by atoms with Crippen molar-refractivity contribution >= 4 is 40.2 Å². The van der Waals surface area contributed by atoms with Crippen LogP contribution in [0.3, 0.4) is 0 Å². The lowest BCUT2D eigenvalue weighted by Gasteiger charge is -2.08. The van der Waals surface area contributed by atoms with E-state index in [9.17, 15) is 4.79 Å². The molecule has 2 aromatic heterocycles. The summed E-state index contributed by atoms with van der Waals surface area (Å²) in [5.41, 5.74) is 3.84. The number of anilines is 2. The minimum absolute atomic E-state index is 0.155. The zero-order valence-corrected chi connectivity index (χ0v) is 17.5. The highest BCUT2D eigenvalue weighted by Gasteiger charge is 2.13. The van der Waals surface area contributed by atoms with E-state index in [4.69, 9.17) is 21.5 Å². The van der Waals surface area contributed by atoms with Gasteiger partial charge >= 0.3 is 0 Å². The molecule has 160 valence electrons. The molecule has 0 aliphatic carbocycles. The van der Waals surface area contributed by atoms with Crippen LogP contribution in [0.4, 0.5) is 11.5 Å². The van der Waals surface area contributed by atoms with Crippen molar-refractivity contribution in [3.8, 4) is 5.75 Å². The molecule has 30 heavy (non-hydrogen) atoms. The van der Waals surface area contributed by atoms with Gasteiger partial charge in [0, 0.05) is 18.7 Å². The van der Waals surface area contributed by atoms with E-state index in [1.54, 1.807) is 18.9 Å². The molecule has 0 saturated heterocycles. The topological polar surface area (TPSA) is 114 Å². The van der Waals surface area contributed by atoms with E-state index in [1.165, 1.54) is 0 Å². The summed E-state index contributed by atoms with van der Waals surface area (Å²) in [7, 11) is 1.62. The number of hydroxylamine groups is 1. The number of rotatable bonds is 11. The molecular formula is C20H25ClN6O3. The summed E-state index contributed by atoms with van der Waals surface area (Å²) in [5, 5.41) is 11.9. The molecule has 0 saturated carbocycles. The largest absolute Gasteiger partial charge is 0.497 e. The van der Waals surface area contributed by atoms with Crippen LogP contribution in [0.2, 0.25) is 5.28 Å². The number of carbonyl (C=O) groups is 1. The fourth-order valence-electron chi connectivity index (χ4n) is 3.13. The molecule has 0 unspecified atom stereocenters. The monoisotopic (exact) mass is 432 g/mol. The number of hydrogen-bond donors (Lipinski definition) is 3. The van der Waals surface area contributed by atoms with Gasteiger partial charge in [-0.05, 0) is 48.7 Å². The maximum absolute atomic E-state index is 11.0. The average molecular weight is 433 g/mol. The first kappa shape index (κ1) is 21.8. The van der Waals surface area contributed by atoms with Crippen LogP contribution in [-0.2, 0) is 11.3 Å². The van der Waals surface area contributed by atoms with Crippen LogP contribution in [0.5, 0.6) is 5.75 Å². The molecule has 0 atom stereocenters. The Labute approximate surface area is 179 Å². The number of amides is 1. The highest BCUT2D eigenvalue weighted by atomic mass is 35.5. The van der Waals surface area contributed by atoms with Crippen molar-refractivity contribution in [3.63, 3.8) is 0 Å². The second-order valence-electron chi connectivity index (χ2n) is 6.86. The van der Waals surface area contributed by atoms with Crippen LogP contribution in [0, 0.1) is 0 Å². The Morgan fingerprint density at radius 3 is 2.60 bits per heavy atom. The highest BCUT2D eigenvalue weighted by molar-refractivity contribution is 6.28. The summed E-state index contributed by atoms with van der Waals surface area (Å²) in [6.45, 7) is 0.767. The van der Waals surface area contributed by atoms with Crippen LogP contribution in [0.15, 0.2) is 30.6 Å². The molecule has 1 amide bonds. The maximum atomic E-state index is 11.0. The molecule has 0 bridgehead atoms. The van der Waals surface area contributed by atoms with Gasteiger partial charge < -0.3 is 14.6 Å². The Bertz CT molecular complexity index is 977. The first-order valence-electron chi connectivity index (χ1n) is 9.83. The summed E-state index contributed by atoms with van der Waals surface area (Å²) in [4.78, 5) is 24.1. The molecule has 3 N–H and O–H groups in total. The van der Waals surface area contributed by atoms with Crippen LogP contribution in [-0.4, -0.2) is 37.7 Å². The molecular weight excluding hydrogens is 408 g/mol.